The molecule has 2 heterocycles. The number of carbonyl (C=O) groups is 1. The Hall–Kier alpha value is -3.41. The van der Waals surface area contributed by atoms with Crippen LogP contribution in [0, 0.1) is 0 Å². The van der Waals surface area contributed by atoms with E-state index in [-0.39, 0.29) is 5.91 Å². The summed E-state index contributed by atoms with van der Waals surface area (Å²) in [4.78, 5) is 20.6. The molecule has 3 rings (SSSR count). The van der Waals surface area contributed by atoms with Crippen LogP contribution < -0.4 is 15.4 Å². The number of amides is 1. The van der Waals surface area contributed by atoms with Crippen molar-refractivity contribution in [3.8, 4) is 5.75 Å². The van der Waals surface area contributed by atoms with E-state index in [1.165, 1.54) is 7.11 Å². The number of carbonyl (C=O) groups excluding carboxylic acids is 1. The summed E-state index contributed by atoms with van der Waals surface area (Å²) in [6.45, 7) is 0.678. The first-order valence-electron chi connectivity index (χ1n) is 7.79. The van der Waals surface area contributed by atoms with Gasteiger partial charge in [0.25, 0.3) is 5.91 Å². The smallest absolute Gasteiger partial charge is 0.260 e. The molecule has 0 unspecified atom stereocenters. The van der Waals surface area contributed by atoms with Crippen molar-refractivity contribution in [1.82, 2.24) is 9.97 Å². The molecule has 0 saturated heterocycles. The van der Waals surface area contributed by atoms with Crippen molar-refractivity contribution in [1.29, 1.82) is 0 Å². The van der Waals surface area contributed by atoms with Gasteiger partial charge in [0.2, 0.25) is 0 Å². The van der Waals surface area contributed by atoms with Gasteiger partial charge in [0.15, 0.2) is 0 Å². The summed E-state index contributed by atoms with van der Waals surface area (Å²) >= 11 is 0. The van der Waals surface area contributed by atoms with Crippen LogP contribution in [0.25, 0.3) is 0 Å². The van der Waals surface area contributed by atoms with Crippen LogP contribution in [0.4, 0.5) is 11.5 Å². The van der Waals surface area contributed by atoms with Crippen LogP contribution in [-0.4, -0.2) is 23.0 Å². The molecule has 0 fully saturated rings. The van der Waals surface area contributed by atoms with E-state index >= 15 is 0 Å². The first-order chi connectivity index (χ1) is 12.3. The normalized spacial score (nSPS) is 10.1. The highest BCUT2D eigenvalue weighted by atomic mass is 16.5. The molecule has 126 valence electrons. The van der Waals surface area contributed by atoms with Crippen molar-refractivity contribution in [2.75, 3.05) is 17.7 Å². The maximum absolute atomic E-state index is 12.3. The Balaban J connectivity index is 1.61. The van der Waals surface area contributed by atoms with Gasteiger partial charge in [0.05, 0.1) is 24.6 Å². The molecule has 0 atom stereocenters. The molecule has 6 nitrogen and oxygen atoms in total. The van der Waals surface area contributed by atoms with Gasteiger partial charge >= 0.3 is 0 Å². The van der Waals surface area contributed by atoms with Gasteiger partial charge in [-0.05, 0) is 42.0 Å². The van der Waals surface area contributed by atoms with Crippen LogP contribution in [0.3, 0.4) is 0 Å². The predicted molar refractivity (Wildman–Crippen MR) is 96.7 cm³/mol. The predicted octanol–water partition coefficient (Wildman–Crippen LogP) is 3.35. The number of nitrogens with one attached hydrogen (secondary N) is 2. The van der Waals surface area contributed by atoms with E-state index in [9.17, 15) is 4.79 Å². The second-order valence-electron chi connectivity index (χ2n) is 5.30. The van der Waals surface area contributed by atoms with E-state index in [0.717, 1.165) is 11.3 Å². The first-order valence-corrected chi connectivity index (χ1v) is 7.79. The SMILES string of the molecule is COc1ccccc1C(=O)Nc1ccc(NCc2ccncc2)cn1. The quantitative estimate of drug-likeness (QED) is 0.723. The van der Waals surface area contributed by atoms with Gasteiger partial charge in [-0.1, -0.05) is 12.1 Å². The highest BCUT2D eigenvalue weighted by Crippen LogP contribution is 2.19. The van der Waals surface area contributed by atoms with Gasteiger partial charge in [-0.3, -0.25) is 9.78 Å². The van der Waals surface area contributed by atoms with Crippen LogP contribution >= 0.6 is 0 Å². The Morgan fingerprint density at radius 2 is 1.88 bits per heavy atom. The molecular formula is C19H18N4O2. The van der Waals surface area contributed by atoms with E-state index in [2.05, 4.69) is 20.6 Å². The number of nitrogens with zero attached hydrogens (tertiary/aromatic N) is 2. The van der Waals surface area contributed by atoms with E-state index in [1.54, 1.807) is 42.9 Å². The maximum Gasteiger partial charge on any atom is 0.260 e. The molecule has 2 N–H and O–H groups in total. The number of anilines is 2. The van der Waals surface area contributed by atoms with Gasteiger partial charge in [-0.25, -0.2) is 4.98 Å². The number of hydrogen-bond donors (Lipinski definition) is 2. The molecule has 3 aromatic rings. The van der Waals surface area contributed by atoms with Gasteiger partial charge in [0, 0.05) is 18.9 Å². The summed E-state index contributed by atoms with van der Waals surface area (Å²) in [5.74, 6) is 0.739. The number of pyridine rings is 2. The number of hydrogen-bond acceptors (Lipinski definition) is 5. The zero-order valence-electron chi connectivity index (χ0n) is 13.8. The lowest BCUT2D eigenvalue weighted by Gasteiger charge is -2.10. The Morgan fingerprint density at radius 1 is 1.08 bits per heavy atom. The number of rotatable bonds is 6. The van der Waals surface area contributed by atoms with Crippen molar-refractivity contribution >= 4 is 17.4 Å². The maximum atomic E-state index is 12.3. The summed E-state index contributed by atoms with van der Waals surface area (Å²) in [6.07, 6.45) is 5.19. The first kappa shape index (κ1) is 16.4. The lowest BCUT2D eigenvalue weighted by Crippen LogP contribution is -2.14. The minimum absolute atomic E-state index is 0.262. The Labute approximate surface area is 145 Å². The summed E-state index contributed by atoms with van der Waals surface area (Å²) in [5, 5.41) is 6.04. The van der Waals surface area contributed by atoms with Crippen LogP contribution in [0.5, 0.6) is 5.75 Å². The molecular weight excluding hydrogens is 316 g/mol. The molecule has 0 bridgehead atoms. The van der Waals surface area contributed by atoms with Crippen LogP contribution in [0.1, 0.15) is 15.9 Å². The number of para-hydroxylation sites is 1. The fourth-order valence-corrected chi connectivity index (χ4v) is 2.29. The van der Waals surface area contributed by atoms with Crippen LogP contribution in [-0.2, 0) is 6.54 Å². The summed E-state index contributed by atoms with van der Waals surface area (Å²) in [7, 11) is 1.54. The lowest BCUT2D eigenvalue weighted by molar-refractivity contribution is 0.102. The summed E-state index contributed by atoms with van der Waals surface area (Å²) in [6, 6.07) is 14.6. The van der Waals surface area contributed by atoms with E-state index in [1.807, 2.05) is 24.3 Å². The second-order valence-corrected chi connectivity index (χ2v) is 5.30. The fourth-order valence-electron chi connectivity index (χ4n) is 2.29. The van der Waals surface area contributed by atoms with Crippen molar-refractivity contribution in [2.45, 2.75) is 6.54 Å². The van der Waals surface area contributed by atoms with E-state index in [4.69, 9.17) is 4.74 Å². The minimum atomic E-state index is -0.262. The Kier molecular flexibility index (Phi) is 5.21. The summed E-state index contributed by atoms with van der Waals surface area (Å²) in [5.41, 5.74) is 2.46. The van der Waals surface area contributed by atoms with Gasteiger partial charge in [-0.2, -0.15) is 0 Å². The average Bonchev–Trinajstić information content (AvgIpc) is 2.68. The highest BCUT2D eigenvalue weighted by Gasteiger charge is 2.11. The molecule has 0 aliphatic heterocycles. The van der Waals surface area contributed by atoms with Crippen molar-refractivity contribution < 1.29 is 9.53 Å². The topological polar surface area (TPSA) is 76.1 Å². The molecule has 25 heavy (non-hydrogen) atoms. The molecule has 0 aliphatic carbocycles. The zero-order valence-corrected chi connectivity index (χ0v) is 13.8. The molecule has 6 heteroatoms. The number of methoxy groups -OCH3 is 1. The minimum Gasteiger partial charge on any atom is -0.496 e. The lowest BCUT2D eigenvalue weighted by atomic mass is 10.2. The summed E-state index contributed by atoms with van der Waals surface area (Å²) < 4.78 is 5.20. The highest BCUT2D eigenvalue weighted by molar-refractivity contribution is 6.05. The molecule has 1 aromatic carbocycles. The molecule has 1 amide bonds. The molecule has 0 aliphatic rings. The van der Waals surface area contributed by atoms with E-state index < -0.39 is 0 Å². The second kappa shape index (κ2) is 7.92. The van der Waals surface area contributed by atoms with E-state index in [0.29, 0.717) is 23.7 Å². The third kappa shape index (κ3) is 4.32. The third-order valence-corrected chi connectivity index (χ3v) is 3.60. The van der Waals surface area contributed by atoms with Gasteiger partial charge in [-0.15, -0.1) is 0 Å². The average molecular weight is 334 g/mol. The Morgan fingerprint density at radius 3 is 2.60 bits per heavy atom. The van der Waals surface area contributed by atoms with Crippen molar-refractivity contribution in [3.05, 3.63) is 78.2 Å². The fraction of sp³-hybridized carbons (Fsp3) is 0.105. The molecule has 2 aromatic heterocycles. The largest absolute Gasteiger partial charge is 0.496 e. The third-order valence-electron chi connectivity index (χ3n) is 3.60. The van der Waals surface area contributed by atoms with Crippen LogP contribution in [0.15, 0.2) is 67.1 Å². The van der Waals surface area contributed by atoms with Crippen LogP contribution in [0.2, 0.25) is 0 Å². The van der Waals surface area contributed by atoms with Gasteiger partial charge < -0.3 is 15.4 Å². The number of ether oxygens (including phenoxy) is 1. The molecule has 0 spiro atoms. The molecule has 0 radical (unpaired) electrons. The molecule has 0 saturated carbocycles. The Bertz CT molecular complexity index is 836. The standard InChI is InChI=1S/C19H18N4O2/c1-25-17-5-3-2-4-16(17)19(24)23-18-7-6-15(13-22-18)21-12-14-8-10-20-11-9-14/h2-11,13,21H,12H2,1H3,(H,22,23,24). The monoisotopic (exact) mass is 334 g/mol. The van der Waals surface area contributed by atoms with Gasteiger partial charge in [0.1, 0.15) is 11.6 Å². The zero-order chi connectivity index (χ0) is 17.5. The van der Waals surface area contributed by atoms with Crippen molar-refractivity contribution in [3.63, 3.8) is 0 Å². The number of aromatic nitrogens is 2. The van der Waals surface area contributed by atoms with Crippen molar-refractivity contribution in [2.24, 2.45) is 0 Å². The number of benzene rings is 1.